The van der Waals surface area contributed by atoms with Gasteiger partial charge in [-0.25, -0.2) is 0 Å². The molecule has 1 atom stereocenters. The number of rotatable bonds is 8. The number of hydrogen-bond donors (Lipinski definition) is 1. The molecule has 1 N–H and O–H groups in total. The van der Waals surface area contributed by atoms with Gasteiger partial charge in [0.1, 0.15) is 0 Å². The van der Waals surface area contributed by atoms with Gasteiger partial charge in [-0.15, -0.1) is 0 Å². The molecule has 0 saturated carbocycles. The van der Waals surface area contributed by atoms with E-state index < -0.39 is 0 Å². The SMILES string of the molecule is CCSCC(C)NC1CCN(CCc2ccccc2)CC1. The molecular formula is C18H30N2S. The van der Waals surface area contributed by atoms with Crippen molar-refractivity contribution in [1.82, 2.24) is 10.2 Å². The molecular weight excluding hydrogens is 276 g/mol. The fourth-order valence-electron chi connectivity index (χ4n) is 3.00. The van der Waals surface area contributed by atoms with Crippen molar-refractivity contribution in [3.63, 3.8) is 0 Å². The predicted molar refractivity (Wildman–Crippen MR) is 95.2 cm³/mol. The van der Waals surface area contributed by atoms with Gasteiger partial charge in [-0.3, -0.25) is 0 Å². The summed E-state index contributed by atoms with van der Waals surface area (Å²) < 4.78 is 0. The monoisotopic (exact) mass is 306 g/mol. The minimum absolute atomic E-state index is 0.649. The number of likely N-dealkylation sites (tertiary alicyclic amines) is 1. The first kappa shape index (κ1) is 16.9. The van der Waals surface area contributed by atoms with Gasteiger partial charge in [-0.05, 0) is 50.6 Å². The third kappa shape index (κ3) is 6.41. The van der Waals surface area contributed by atoms with E-state index in [9.17, 15) is 0 Å². The Morgan fingerprint density at radius 2 is 1.95 bits per heavy atom. The van der Waals surface area contributed by atoms with Gasteiger partial charge in [0.05, 0.1) is 0 Å². The zero-order valence-corrected chi connectivity index (χ0v) is 14.4. The van der Waals surface area contributed by atoms with Crippen molar-refractivity contribution >= 4 is 11.8 Å². The second kappa shape index (κ2) is 9.50. The van der Waals surface area contributed by atoms with E-state index in [2.05, 4.69) is 54.4 Å². The molecule has 21 heavy (non-hydrogen) atoms. The third-order valence-electron chi connectivity index (χ3n) is 4.24. The fraction of sp³-hybridized carbons (Fsp3) is 0.667. The minimum atomic E-state index is 0.649. The van der Waals surface area contributed by atoms with Gasteiger partial charge < -0.3 is 10.2 Å². The average Bonchev–Trinajstić information content (AvgIpc) is 2.53. The van der Waals surface area contributed by atoms with Crippen LogP contribution in [0.3, 0.4) is 0 Å². The van der Waals surface area contributed by atoms with E-state index in [0.717, 1.165) is 6.04 Å². The predicted octanol–water partition coefficient (Wildman–Crippen LogP) is 3.42. The van der Waals surface area contributed by atoms with E-state index in [-0.39, 0.29) is 0 Å². The maximum absolute atomic E-state index is 3.80. The van der Waals surface area contributed by atoms with Crippen LogP contribution in [0.5, 0.6) is 0 Å². The van der Waals surface area contributed by atoms with E-state index in [1.165, 1.54) is 56.0 Å². The van der Waals surface area contributed by atoms with E-state index in [0.29, 0.717) is 6.04 Å². The Morgan fingerprint density at radius 1 is 1.24 bits per heavy atom. The molecule has 2 rings (SSSR count). The quantitative estimate of drug-likeness (QED) is 0.792. The van der Waals surface area contributed by atoms with Crippen LogP contribution < -0.4 is 5.32 Å². The number of benzene rings is 1. The minimum Gasteiger partial charge on any atom is -0.311 e. The zero-order valence-electron chi connectivity index (χ0n) is 13.6. The van der Waals surface area contributed by atoms with Gasteiger partial charge in [0.25, 0.3) is 0 Å². The lowest BCUT2D eigenvalue weighted by Crippen LogP contribution is -2.46. The second-order valence-electron chi connectivity index (χ2n) is 6.08. The smallest absolute Gasteiger partial charge is 0.0132 e. The molecule has 1 aromatic rings. The van der Waals surface area contributed by atoms with Gasteiger partial charge in [-0.1, -0.05) is 37.3 Å². The van der Waals surface area contributed by atoms with Crippen molar-refractivity contribution in [2.45, 2.75) is 45.2 Å². The summed E-state index contributed by atoms with van der Waals surface area (Å²) in [5.41, 5.74) is 1.46. The summed E-state index contributed by atoms with van der Waals surface area (Å²) >= 11 is 2.04. The highest BCUT2D eigenvalue weighted by Crippen LogP contribution is 2.13. The fourth-order valence-corrected chi connectivity index (χ4v) is 3.69. The van der Waals surface area contributed by atoms with Gasteiger partial charge >= 0.3 is 0 Å². The van der Waals surface area contributed by atoms with Crippen LogP contribution in [0.15, 0.2) is 30.3 Å². The molecule has 0 radical (unpaired) electrons. The summed E-state index contributed by atoms with van der Waals surface area (Å²) in [6, 6.07) is 12.2. The lowest BCUT2D eigenvalue weighted by molar-refractivity contribution is 0.195. The molecule has 0 amide bonds. The summed E-state index contributed by atoms with van der Waals surface area (Å²) in [4.78, 5) is 2.62. The maximum Gasteiger partial charge on any atom is 0.0132 e. The van der Waals surface area contributed by atoms with Crippen molar-refractivity contribution in [3.05, 3.63) is 35.9 Å². The lowest BCUT2D eigenvalue weighted by Gasteiger charge is -2.34. The van der Waals surface area contributed by atoms with Crippen LogP contribution in [0.25, 0.3) is 0 Å². The van der Waals surface area contributed by atoms with Crippen LogP contribution in [-0.2, 0) is 6.42 Å². The summed E-state index contributed by atoms with van der Waals surface area (Å²) in [5.74, 6) is 2.47. The highest BCUT2D eigenvalue weighted by atomic mass is 32.2. The van der Waals surface area contributed by atoms with E-state index in [1.54, 1.807) is 0 Å². The highest BCUT2D eigenvalue weighted by molar-refractivity contribution is 7.99. The summed E-state index contributed by atoms with van der Waals surface area (Å²) in [6.45, 7) is 8.27. The van der Waals surface area contributed by atoms with Crippen LogP contribution in [0.1, 0.15) is 32.3 Å². The maximum atomic E-state index is 3.80. The Bertz CT molecular complexity index is 374. The third-order valence-corrected chi connectivity index (χ3v) is 5.38. The molecule has 118 valence electrons. The first-order chi connectivity index (χ1) is 10.3. The van der Waals surface area contributed by atoms with Crippen molar-refractivity contribution in [1.29, 1.82) is 0 Å². The normalized spacial score (nSPS) is 18.8. The first-order valence-corrected chi connectivity index (χ1v) is 9.53. The molecule has 1 saturated heterocycles. The van der Waals surface area contributed by atoms with Crippen LogP contribution in [0.2, 0.25) is 0 Å². The van der Waals surface area contributed by atoms with Crippen LogP contribution in [-0.4, -0.2) is 48.1 Å². The Balaban J connectivity index is 1.62. The number of hydrogen-bond acceptors (Lipinski definition) is 3. The standard InChI is InChI=1S/C18H30N2S/c1-3-21-15-16(2)19-18-10-13-20(14-11-18)12-9-17-7-5-4-6-8-17/h4-8,16,18-19H,3,9-15H2,1-2H3. The molecule has 2 nitrogen and oxygen atoms in total. The second-order valence-corrected chi connectivity index (χ2v) is 7.40. The number of thioether (sulfide) groups is 1. The van der Waals surface area contributed by atoms with E-state index in [1.807, 2.05) is 11.8 Å². The Hall–Kier alpha value is -0.510. The van der Waals surface area contributed by atoms with Crippen LogP contribution >= 0.6 is 11.8 Å². The summed E-state index contributed by atoms with van der Waals surface area (Å²) in [5, 5.41) is 3.80. The van der Waals surface area contributed by atoms with Gasteiger partial charge in [0.15, 0.2) is 0 Å². The average molecular weight is 307 g/mol. The van der Waals surface area contributed by atoms with Crippen molar-refractivity contribution in [2.75, 3.05) is 31.1 Å². The van der Waals surface area contributed by atoms with Crippen LogP contribution in [0, 0.1) is 0 Å². The van der Waals surface area contributed by atoms with Gasteiger partial charge in [-0.2, -0.15) is 11.8 Å². The number of nitrogens with one attached hydrogen (secondary N) is 1. The Morgan fingerprint density at radius 3 is 2.62 bits per heavy atom. The molecule has 0 spiro atoms. The summed E-state index contributed by atoms with van der Waals surface area (Å²) in [6.07, 6.45) is 3.79. The van der Waals surface area contributed by atoms with Crippen LogP contribution in [0.4, 0.5) is 0 Å². The topological polar surface area (TPSA) is 15.3 Å². The van der Waals surface area contributed by atoms with Crippen molar-refractivity contribution < 1.29 is 0 Å². The molecule has 3 heteroatoms. The lowest BCUT2D eigenvalue weighted by atomic mass is 10.0. The molecule has 1 heterocycles. The Labute approximate surface area is 134 Å². The molecule has 1 aliphatic rings. The molecule has 1 aliphatic heterocycles. The Kier molecular flexibility index (Phi) is 7.62. The molecule has 1 aromatic carbocycles. The molecule has 0 aliphatic carbocycles. The molecule has 0 aromatic heterocycles. The molecule has 1 fully saturated rings. The number of nitrogens with zero attached hydrogens (tertiary/aromatic N) is 1. The van der Waals surface area contributed by atoms with Crippen molar-refractivity contribution in [2.24, 2.45) is 0 Å². The largest absolute Gasteiger partial charge is 0.311 e. The van der Waals surface area contributed by atoms with Crippen molar-refractivity contribution in [3.8, 4) is 0 Å². The number of piperidine rings is 1. The van der Waals surface area contributed by atoms with E-state index >= 15 is 0 Å². The highest BCUT2D eigenvalue weighted by Gasteiger charge is 2.19. The van der Waals surface area contributed by atoms with Gasteiger partial charge in [0.2, 0.25) is 0 Å². The van der Waals surface area contributed by atoms with E-state index in [4.69, 9.17) is 0 Å². The molecule has 0 bridgehead atoms. The molecule has 1 unspecified atom stereocenters. The van der Waals surface area contributed by atoms with Gasteiger partial charge in [0, 0.05) is 24.4 Å². The first-order valence-electron chi connectivity index (χ1n) is 8.38. The zero-order chi connectivity index (χ0) is 14.9. The summed E-state index contributed by atoms with van der Waals surface area (Å²) in [7, 11) is 0.